The average molecular weight is 293 g/mol. The zero-order valence-corrected chi connectivity index (χ0v) is 11.6. The number of H-pyrrole nitrogens is 1. The third-order valence-corrected chi connectivity index (χ3v) is 4.44. The van der Waals surface area contributed by atoms with Crippen LogP contribution in [0.2, 0.25) is 0 Å². The standard InChI is InChI=1S/C12H15N5O2S/c18-11(19)7-2-1-3-8-10(7)16-12(20-8)13-5-4-9-14-6-15-17-9/h6-7H,1-5H2,(H,13,16)(H,18,19)(H,14,15,17). The van der Waals surface area contributed by atoms with Gasteiger partial charge in [0, 0.05) is 17.8 Å². The maximum absolute atomic E-state index is 11.2. The van der Waals surface area contributed by atoms with Crippen molar-refractivity contribution in [3.8, 4) is 0 Å². The number of nitrogens with zero attached hydrogens (tertiary/aromatic N) is 3. The second kappa shape index (κ2) is 5.58. The maximum atomic E-state index is 11.2. The van der Waals surface area contributed by atoms with Crippen LogP contribution < -0.4 is 5.32 Å². The largest absolute Gasteiger partial charge is 0.481 e. The molecule has 0 bridgehead atoms. The van der Waals surface area contributed by atoms with Gasteiger partial charge in [0.15, 0.2) is 5.13 Å². The molecule has 0 aliphatic heterocycles. The Bertz CT molecular complexity index is 595. The van der Waals surface area contributed by atoms with Gasteiger partial charge in [-0.2, -0.15) is 5.10 Å². The Morgan fingerprint density at radius 1 is 1.60 bits per heavy atom. The molecule has 2 aromatic rings. The summed E-state index contributed by atoms with van der Waals surface area (Å²) in [6.07, 6.45) is 4.75. The molecule has 7 nitrogen and oxygen atoms in total. The Labute approximate surface area is 119 Å². The molecule has 3 rings (SSSR count). The molecule has 106 valence electrons. The van der Waals surface area contributed by atoms with E-state index in [0.29, 0.717) is 13.0 Å². The Kier molecular flexibility index (Phi) is 3.64. The van der Waals surface area contributed by atoms with Crippen molar-refractivity contribution in [3.05, 3.63) is 22.7 Å². The van der Waals surface area contributed by atoms with E-state index in [1.165, 1.54) is 6.33 Å². The number of fused-ring (bicyclic) bond motifs is 1. The van der Waals surface area contributed by atoms with Crippen LogP contribution in [0.3, 0.4) is 0 Å². The molecular weight excluding hydrogens is 278 g/mol. The number of hydrogen-bond acceptors (Lipinski definition) is 6. The lowest BCUT2D eigenvalue weighted by atomic mass is 9.91. The average Bonchev–Trinajstić information content (AvgIpc) is 3.06. The quantitative estimate of drug-likeness (QED) is 0.770. The number of aliphatic carboxylic acids is 1. The van der Waals surface area contributed by atoms with Crippen LogP contribution in [0, 0.1) is 0 Å². The molecule has 8 heteroatoms. The predicted octanol–water partition coefficient (Wildman–Crippen LogP) is 1.42. The number of carboxylic acid groups (broad SMARTS) is 1. The smallest absolute Gasteiger partial charge is 0.312 e. The summed E-state index contributed by atoms with van der Waals surface area (Å²) in [6.45, 7) is 0.694. The first kappa shape index (κ1) is 13.0. The van der Waals surface area contributed by atoms with Crippen LogP contribution in [0.5, 0.6) is 0 Å². The van der Waals surface area contributed by atoms with Crippen molar-refractivity contribution in [1.82, 2.24) is 20.2 Å². The zero-order valence-electron chi connectivity index (χ0n) is 10.8. The highest BCUT2D eigenvalue weighted by atomic mass is 32.1. The molecule has 3 N–H and O–H groups in total. The van der Waals surface area contributed by atoms with Crippen LogP contribution in [-0.4, -0.2) is 37.8 Å². The van der Waals surface area contributed by atoms with Crippen molar-refractivity contribution < 1.29 is 9.90 Å². The monoisotopic (exact) mass is 293 g/mol. The molecule has 0 fully saturated rings. The van der Waals surface area contributed by atoms with Gasteiger partial charge in [-0.3, -0.25) is 9.89 Å². The van der Waals surface area contributed by atoms with Crippen molar-refractivity contribution in [2.24, 2.45) is 0 Å². The van der Waals surface area contributed by atoms with Crippen molar-refractivity contribution in [2.45, 2.75) is 31.6 Å². The van der Waals surface area contributed by atoms with Gasteiger partial charge >= 0.3 is 5.97 Å². The summed E-state index contributed by atoms with van der Waals surface area (Å²) >= 11 is 1.56. The van der Waals surface area contributed by atoms with Crippen molar-refractivity contribution >= 4 is 22.4 Å². The van der Waals surface area contributed by atoms with Gasteiger partial charge in [0.25, 0.3) is 0 Å². The van der Waals surface area contributed by atoms with E-state index in [1.54, 1.807) is 11.3 Å². The zero-order chi connectivity index (χ0) is 13.9. The van der Waals surface area contributed by atoms with Gasteiger partial charge in [-0.05, 0) is 19.3 Å². The summed E-state index contributed by atoms with van der Waals surface area (Å²) < 4.78 is 0. The fourth-order valence-electron chi connectivity index (χ4n) is 2.37. The van der Waals surface area contributed by atoms with E-state index in [-0.39, 0.29) is 0 Å². The molecule has 0 saturated heterocycles. The van der Waals surface area contributed by atoms with Crippen LogP contribution in [-0.2, 0) is 17.6 Å². The number of carbonyl (C=O) groups is 1. The molecule has 1 aliphatic rings. The number of aromatic amines is 1. The Balaban J connectivity index is 1.65. The Morgan fingerprint density at radius 3 is 3.25 bits per heavy atom. The molecule has 0 saturated carbocycles. The number of hydrogen-bond donors (Lipinski definition) is 3. The topological polar surface area (TPSA) is 104 Å². The van der Waals surface area contributed by atoms with Crippen LogP contribution in [0.1, 0.15) is 35.2 Å². The minimum atomic E-state index is -0.774. The highest BCUT2D eigenvalue weighted by molar-refractivity contribution is 7.15. The van der Waals surface area contributed by atoms with E-state index in [1.807, 2.05) is 0 Å². The fourth-order valence-corrected chi connectivity index (χ4v) is 3.46. The van der Waals surface area contributed by atoms with E-state index < -0.39 is 11.9 Å². The third-order valence-electron chi connectivity index (χ3n) is 3.36. The number of aromatic nitrogens is 4. The highest BCUT2D eigenvalue weighted by Crippen LogP contribution is 2.36. The summed E-state index contributed by atoms with van der Waals surface area (Å²) in [4.78, 5) is 20.8. The minimum absolute atomic E-state index is 0.445. The first-order valence-corrected chi connectivity index (χ1v) is 7.36. The van der Waals surface area contributed by atoms with Crippen LogP contribution in [0.15, 0.2) is 6.33 Å². The number of carboxylic acids is 1. The summed E-state index contributed by atoms with van der Waals surface area (Å²) in [5.74, 6) is -0.397. The van der Waals surface area contributed by atoms with Crippen LogP contribution >= 0.6 is 11.3 Å². The van der Waals surface area contributed by atoms with Gasteiger partial charge < -0.3 is 10.4 Å². The molecule has 2 aromatic heterocycles. The Hall–Kier alpha value is -1.96. The number of anilines is 1. The molecule has 2 heterocycles. The lowest BCUT2D eigenvalue weighted by Crippen LogP contribution is -2.17. The van der Waals surface area contributed by atoms with Crippen LogP contribution in [0.4, 0.5) is 5.13 Å². The van der Waals surface area contributed by atoms with E-state index >= 15 is 0 Å². The normalized spacial score (nSPS) is 17.7. The van der Waals surface area contributed by atoms with Gasteiger partial charge in [-0.1, -0.05) is 0 Å². The fraction of sp³-hybridized carbons (Fsp3) is 0.500. The van der Waals surface area contributed by atoms with E-state index in [0.717, 1.165) is 40.8 Å². The van der Waals surface area contributed by atoms with Gasteiger partial charge in [-0.15, -0.1) is 11.3 Å². The van der Waals surface area contributed by atoms with Gasteiger partial charge in [0.1, 0.15) is 18.1 Å². The predicted molar refractivity (Wildman–Crippen MR) is 74.0 cm³/mol. The number of rotatable bonds is 5. The molecule has 20 heavy (non-hydrogen) atoms. The summed E-state index contributed by atoms with van der Waals surface area (Å²) in [5.41, 5.74) is 0.746. The lowest BCUT2D eigenvalue weighted by molar-refractivity contribution is -0.139. The summed E-state index contributed by atoms with van der Waals surface area (Å²) in [5, 5.41) is 19.8. The molecule has 1 atom stereocenters. The van der Waals surface area contributed by atoms with Gasteiger partial charge in [0.05, 0.1) is 5.69 Å². The first-order valence-electron chi connectivity index (χ1n) is 6.54. The van der Waals surface area contributed by atoms with Crippen molar-refractivity contribution in [3.63, 3.8) is 0 Å². The van der Waals surface area contributed by atoms with E-state index in [9.17, 15) is 9.90 Å². The molecule has 0 aromatic carbocycles. The second-order valence-electron chi connectivity index (χ2n) is 4.72. The number of nitrogens with one attached hydrogen (secondary N) is 2. The maximum Gasteiger partial charge on any atom is 0.312 e. The highest BCUT2D eigenvalue weighted by Gasteiger charge is 2.29. The first-order chi connectivity index (χ1) is 9.74. The number of aryl methyl sites for hydroxylation is 1. The van der Waals surface area contributed by atoms with Gasteiger partial charge in [0.2, 0.25) is 0 Å². The van der Waals surface area contributed by atoms with Crippen molar-refractivity contribution in [1.29, 1.82) is 0 Å². The number of thiazole rings is 1. The lowest BCUT2D eigenvalue weighted by Gasteiger charge is -2.16. The van der Waals surface area contributed by atoms with Crippen LogP contribution in [0.25, 0.3) is 0 Å². The minimum Gasteiger partial charge on any atom is -0.481 e. The summed E-state index contributed by atoms with van der Waals surface area (Å²) in [6, 6.07) is 0. The second-order valence-corrected chi connectivity index (χ2v) is 5.80. The third kappa shape index (κ3) is 2.64. The van der Waals surface area contributed by atoms with Gasteiger partial charge in [-0.25, -0.2) is 9.97 Å². The molecular formula is C12H15N5O2S. The molecule has 0 radical (unpaired) electrons. The van der Waals surface area contributed by atoms with Crippen molar-refractivity contribution in [2.75, 3.05) is 11.9 Å². The molecule has 1 aliphatic carbocycles. The van der Waals surface area contributed by atoms with E-state index in [4.69, 9.17) is 0 Å². The molecule has 0 spiro atoms. The molecule has 1 unspecified atom stereocenters. The summed E-state index contributed by atoms with van der Waals surface area (Å²) in [7, 11) is 0. The molecule has 0 amide bonds. The Morgan fingerprint density at radius 2 is 2.50 bits per heavy atom. The SMILES string of the molecule is O=C(O)C1CCCc2sc(NCCc3ncn[nH]3)nc21. The van der Waals surface area contributed by atoms with E-state index in [2.05, 4.69) is 25.5 Å².